The van der Waals surface area contributed by atoms with Crippen LogP contribution in [0.5, 0.6) is 5.75 Å². The lowest BCUT2D eigenvalue weighted by molar-refractivity contribution is 0.402. The largest absolute Gasteiger partial charge is 0.495 e. The van der Waals surface area contributed by atoms with Gasteiger partial charge in [0, 0.05) is 10.2 Å². The molecule has 0 saturated heterocycles. The van der Waals surface area contributed by atoms with Crippen molar-refractivity contribution in [1.29, 1.82) is 0 Å². The van der Waals surface area contributed by atoms with Crippen LogP contribution < -0.4 is 15.2 Å². The summed E-state index contributed by atoms with van der Waals surface area (Å²) in [6.07, 6.45) is 5.74. The Morgan fingerprint density at radius 1 is 1.58 bits per heavy atom. The molecule has 1 unspecified atom stereocenters. The predicted molar refractivity (Wildman–Crippen MR) is 78.3 cm³/mol. The fourth-order valence-corrected chi connectivity index (χ4v) is 3.15. The zero-order valence-electron chi connectivity index (χ0n) is 10.6. The van der Waals surface area contributed by atoms with E-state index in [4.69, 9.17) is 16.9 Å². The molecule has 0 aliphatic carbocycles. The zero-order valence-corrected chi connectivity index (χ0v) is 13.0. The number of hydrogen-bond donors (Lipinski definition) is 2. The van der Waals surface area contributed by atoms with E-state index in [1.807, 2.05) is 0 Å². The van der Waals surface area contributed by atoms with Gasteiger partial charge in [-0.05, 0) is 34.5 Å². The number of terminal acetylenes is 1. The monoisotopic (exact) mass is 346 g/mol. The molecule has 7 heteroatoms. The highest BCUT2D eigenvalue weighted by Crippen LogP contribution is 2.32. The lowest BCUT2D eigenvalue weighted by atomic mass is 10.3. The Labute approximate surface area is 121 Å². The van der Waals surface area contributed by atoms with Crippen LogP contribution in [-0.2, 0) is 10.0 Å². The Bertz CT molecular complexity index is 608. The number of hydrogen-bond acceptors (Lipinski definition) is 4. The summed E-state index contributed by atoms with van der Waals surface area (Å²) in [6, 6.07) is 2.26. The maximum atomic E-state index is 12.2. The van der Waals surface area contributed by atoms with Crippen LogP contribution in [-0.4, -0.2) is 21.6 Å². The molecule has 19 heavy (non-hydrogen) atoms. The molecule has 0 aliphatic heterocycles. The third-order valence-electron chi connectivity index (χ3n) is 2.48. The topological polar surface area (TPSA) is 81.4 Å². The third-order valence-corrected chi connectivity index (χ3v) is 4.66. The summed E-state index contributed by atoms with van der Waals surface area (Å²) in [4.78, 5) is -0.0376. The standard InChI is InChI=1S/C12H15BrN2O3S/c1-4-8(5-2)15-19(16,17)12-7-10(14)9(13)6-11(12)18-3/h1,6-8,15H,5,14H2,2-3H3. The van der Waals surface area contributed by atoms with Gasteiger partial charge in [0.15, 0.2) is 0 Å². The molecule has 0 heterocycles. The van der Waals surface area contributed by atoms with Crippen molar-refractivity contribution in [2.24, 2.45) is 0 Å². The number of sulfonamides is 1. The van der Waals surface area contributed by atoms with Crippen LogP contribution in [0.4, 0.5) is 5.69 Å². The number of ether oxygens (including phenoxy) is 1. The Kier molecular flexibility index (Phi) is 5.23. The first-order valence-corrected chi connectivity index (χ1v) is 7.74. The van der Waals surface area contributed by atoms with Crippen LogP contribution in [0.2, 0.25) is 0 Å². The number of halogens is 1. The molecule has 1 rings (SSSR count). The number of nitrogens with two attached hydrogens (primary N) is 1. The highest BCUT2D eigenvalue weighted by atomic mass is 79.9. The average Bonchev–Trinajstić information content (AvgIpc) is 2.38. The van der Waals surface area contributed by atoms with E-state index >= 15 is 0 Å². The summed E-state index contributed by atoms with van der Waals surface area (Å²) in [5, 5.41) is 0. The molecule has 0 aliphatic rings. The fourth-order valence-electron chi connectivity index (χ4n) is 1.41. The highest BCUT2D eigenvalue weighted by Gasteiger charge is 2.23. The molecule has 0 spiro atoms. The third kappa shape index (κ3) is 3.62. The van der Waals surface area contributed by atoms with Crippen molar-refractivity contribution in [3.63, 3.8) is 0 Å². The quantitative estimate of drug-likeness (QED) is 0.628. The summed E-state index contributed by atoms with van der Waals surface area (Å²) in [5.41, 5.74) is 6.00. The molecule has 1 aromatic carbocycles. The van der Waals surface area contributed by atoms with Gasteiger partial charge >= 0.3 is 0 Å². The maximum Gasteiger partial charge on any atom is 0.245 e. The van der Waals surface area contributed by atoms with Gasteiger partial charge in [0.25, 0.3) is 0 Å². The van der Waals surface area contributed by atoms with Crippen LogP contribution in [0.15, 0.2) is 21.5 Å². The van der Waals surface area contributed by atoms with Crippen LogP contribution >= 0.6 is 15.9 Å². The van der Waals surface area contributed by atoms with Crippen LogP contribution in [0.3, 0.4) is 0 Å². The van der Waals surface area contributed by atoms with Gasteiger partial charge in [0.1, 0.15) is 10.6 Å². The van der Waals surface area contributed by atoms with E-state index in [9.17, 15) is 8.42 Å². The van der Waals surface area contributed by atoms with Gasteiger partial charge in [-0.3, -0.25) is 0 Å². The summed E-state index contributed by atoms with van der Waals surface area (Å²) >= 11 is 3.21. The fraction of sp³-hybridized carbons (Fsp3) is 0.333. The Balaban J connectivity index is 3.29. The van der Waals surface area contributed by atoms with Crippen molar-refractivity contribution in [2.75, 3.05) is 12.8 Å². The second-order valence-electron chi connectivity index (χ2n) is 3.77. The van der Waals surface area contributed by atoms with Crippen LogP contribution in [0.1, 0.15) is 13.3 Å². The first kappa shape index (κ1) is 15.8. The number of nitrogens with one attached hydrogen (secondary N) is 1. The van der Waals surface area contributed by atoms with Crippen molar-refractivity contribution in [3.8, 4) is 18.1 Å². The first-order chi connectivity index (χ1) is 8.85. The predicted octanol–water partition coefficient (Wildman–Crippen LogP) is 1.73. The van der Waals surface area contributed by atoms with E-state index in [0.717, 1.165) is 0 Å². The van der Waals surface area contributed by atoms with E-state index in [-0.39, 0.29) is 10.6 Å². The molecule has 0 bridgehead atoms. The van der Waals surface area contributed by atoms with Crippen molar-refractivity contribution >= 4 is 31.6 Å². The first-order valence-electron chi connectivity index (χ1n) is 5.47. The van der Waals surface area contributed by atoms with Gasteiger partial charge in [-0.25, -0.2) is 8.42 Å². The normalized spacial score (nSPS) is 12.7. The Morgan fingerprint density at radius 3 is 2.68 bits per heavy atom. The van der Waals surface area contributed by atoms with Crippen molar-refractivity contribution in [3.05, 3.63) is 16.6 Å². The lowest BCUT2D eigenvalue weighted by Crippen LogP contribution is -2.33. The number of benzene rings is 1. The maximum absolute atomic E-state index is 12.2. The summed E-state index contributed by atoms with van der Waals surface area (Å²) in [6.45, 7) is 1.79. The summed E-state index contributed by atoms with van der Waals surface area (Å²) < 4.78 is 32.5. The number of nitrogen functional groups attached to an aromatic ring is 1. The second-order valence-corrected chi connectivity index (χ2v) is 6.31. The molecule has 0 aromatic heterocycles. The highest BCUT2D eigenvalue weighted by molar-refractivity contribution is 9.10. The van der Waals surface area contributed by atoms with Gasteiger partial charge in [0.05, 0.1) is 13.2 Å². The molecule has 104 valence electrons. The van der Waals surface area contributed by atoms with Crippen molar-refractivity contribution in [2.45, 2.75) is 24.3 Å². The SMILES string of the molecule is C#CC(CC)NS(=O)(=O)c1cc(N)c(Br)cc1OC. The Hall–Kier alpha value is -1.23. The number of methoxy groups -OCH3 is 1. The van der Waals surface area contributed by atoms with Gasteiger partial charge < -0.3 is 10.5 Å². The number of anilines is 1. The minimum absolute atomic E-state index is 0.0376. The second kappa shape index (κ2) is 6.28. The molecule has 5 nitrogen and oxygen atoms in total. The van der Waals surface area contributed by atoms with Gasteiger partial charge in [-0.1, -0.05) is 12.8 Å². The summed E-state index contributed by atoms with van der Waals surface area (Å²) in [7, 11) is -2.40. The number of rotatable bonds is 5. The molecular weight excluding hydrogens is 332 g/mol. The van der Waals surface area contributed by atoms with E-state index < -0.39 is 16.1 Å². The van der Waals surface area contributed by atoms with Gasteiger partial charge in [-0.15, -0.1) is 6.42 Å². The Morgan fingerprint density at radius 2 is 2.21 bits per heavy atom. The van der Waals surface area contributed by atoms with Crippen LogP contribution in [0, 0.1) is 12.3 Å². The molecule has 1 atom stereocenters. The minimum Gasteiger partial charge on any atom is -0.495 e. The molecular formula is C12H15BrN2O3S. The molecule has 0 radical (unpaired) electrons. The molecule has 0 amide bonds. The molecule has 1 aromatic rings. The van der Waals surface area contributed by atoms with E-state index in [1.165, 1.54) is 19.2 Å². The van der Waals surface area contributed by atoms with Crippen molar-refractivity contribution in [1.82, 2.24) is 4.72 Å². The molecule has 0 fully saturated rings. The zero-order chi connectivity index (χ0) is 14.6. The van der Waals surface area contributed by atoms with Gasteiger partial charge in [0.2, 0.25) is 10.0 Å². The van der Waals surface area contributed by atoms with Gasteiger partial charge in [-0.2, -0.15) is 4.72 Å². The molecule has 0 saturated carbocycles. The smallest absolute Gasteiger partial charge is 0.245 e. The minimum atomic E-state index is -3.78. The average molecular weight is 347 g/mol. The lowest BCUT2D eigenvalue weighted by Gasteiger charge is -2.15. The van der Waals surface area contributed by atoms with E-state index in [1.54, 1.807) is 6.92 Å². The van der Waals surface area contributed by atoms with E-state index in [2.05, 4.69) is 26.6 Å². The van der Waals surface area contributed by atoms with E-state index in [0.29, 0.717) is 16.6 Å². The van der Waals surface area contributed by atoms with Crippen LogP contribution in [0.25, 0.3) is 0 Å². The van der Waals surface area contributed by atoms with Crippen molar-refractivity contribution < 1.29 is 13.2 Å². The summed E-state index contributed by atoms with van der Waals surface area (Å²) in [5.74, 6) is 2.56. The molecule has 3 N–H and O–H groups in total.